The average Bonchev–Trinajstić information content (AvgIpc) is 3.10. The van der Waals surface area contributed by atoms with E-state index in [1.165, 1.54) is 18.4 Å². The van der Waals surface area contributed by atoms with Crippen LogP contribution in [0.15, 0.2) is 48.7 Å². The van der Waals surface area contributed by atoms with E-state index in [1.807, 2.05) is 30.3 Å². The average molecular weight is 295 g/mol. The lowest BCUT2D eigenvalue weighted by molar-refractivity contribution is 0.0949. The molecule has 3 rings (SSSR count). The van der Waals surface area contributed by atoms with Crippen LogP contribution in [0.3, 0.4) is 0 Å². The van der Waals surface area contributed by atoms with Gasteiger partial charge in [-0.3, -0.25) is 4.79 Å². The van der Waals surface area contributed by atoms with Crippen LogP contribution in [-0.4, -0.2) is 30.5 Å². The van der Waals surface area contributed by atoms with Gasteiger partial charge in [0.2, 0.25) is 0 Å². The molecule has 114 valence electrons. The molecule has 1 amide bonds. The quantitative estimate of drug-likeness (QED) is 0.922. The van der Waals surface area contributed by atoms with Crippen LogP contribution in [0, 0.1) is 0 Å². The Morgan fingerprint density at radius 3 is 2.55 bits per heavy atom. The van der Waals surface area contributed by atoms with Crippen molar-refractivity contribution in [3.8, 4) is 0 Å². The molecular formula is C18H21N3O. The fraction of sp³-hybridized carbons (Fsp3) is 0.333. The van der Waals surface area contributed by atoms with Gasteiger partial charge in [0.1, 0.15) is 5.69 Å². The number of carbonyl (C=O) groups excluding carboxylic acids is 1. The van der Waals surface area contributed by atoms with E-state index in [1.54, 1.807) is 6.20 Å². The summed E-state index contributed by atoms with van der Waals surface area (Å²) in [5.41, 5.74) is 2.81. The lowest BCUT2D eigenvalue weighted by Gasteiger charge is -2.16. The standard InChI is InChI=1S/C18H21N3O/c22-18(19-11-10-15-6-2-1-3-7-15)17-9-8-16(14-20-17)21-12-4-5-13-21/h1-3,6-9,14H,4-5,10-13H2,(H,19,22). The van der Waals surface area contributed by atoms with Crippen molar-refractivity contribution < 1.29 is 4.79 Å². The lowest BCUT2D eigenvalue weighted by Crippen LogP contribution is -2.26. The number of hydrogen-bond donors (Lipinski definition) is 1. The number of rotatable bonds is 5. The second-order valence-electron chi connectivity index (χ2n) is 5.59. The molecule has 0 bridgehead atoms. The number of carbonyl (C=O) groups is 1. The Hall–Kier alpha value is -2.36. The number of nitrogens with one attached hydrogen (secondary N) is 1. The monoisotopic (exact) mass is 295 g/mol. The zero-order valence-corrected chi connectivity index (χ0v) is 12.7. The number of anilines is 1. The Kier molecular flexibility index (Phi) is 4.68. The molecule has 0 saturated carbocycles. The SMILES string of the molecule is O=C(NCCc1ccccc1)c1ccc(N2CCCC2)cn1. The highest BCUT2D eigenvalue weighted by molar-refractivity contribution is 5.92. The number of hydrogen-bond acceptors (Lipinski definition) is 3. The van der Waals surface area contributed by atoms with E-state index in [4.69, 9.17) is 0 Å². The van der Waals surface area contributed by atoms with Gasteiger partial charge in [0.05, 0.1) is 11.9 Å². The first-order chi connectivity index (χ1) is 10.8. The van der Waals surface area contributed by atoms with Gasteiger partial charge < -0.3 is 10.2 Å². The summed E-state index contributed by atoms with van der Waals surface area (Å²) >= 11 is 0. The zero-order chi connectivity index (χ0) is 15.2. The van der Waals surface area contributed by atoms with E-state index < -0.39 is 0 Å². The van der Waals surface area contributed by atoms with Crippen molar-refractivity contribution in [1.82, 2.24) is 10.3 Å². The minimum absolute atomic E-state index is 0.107. The van der Waals surface area contributed by atoms with E-state index in [9.17, 15) is 4.79 Å². The second kappa shape index (κ2) is 7.07. The van der Waals surface area contributed by atoms with E-state index in [2.05, 4.69) is 27.3 Å². The largest absolute Gasteiger partial charge is 0.370 e. The van der Waals surface area contributed by atoms with Gasteiger partial charge in [0.25, 0.3) is 5.91 Å². The summed E-state index contributed by atoms with van der Waals surface area (Å²) in [7, 11) is 0. The van der Waals surface area contributed by atoms with Crippen LogP contribution in [0.2, 0.25) is 0 Å². The fourth-order valence-electron chi connectivity index (χ4n) is 2.74. The van der Waals surface area contributed by atoms with Crippen LogP contribution < -0.4 is 10.2 Å². The molecule has 4 nitrogen and oxygen atoms in total. The van der Waals surface area contributed by atoms with Crippen molar-refractivity contribution in [3.05, 3.63) is 59.9 Å². The first-order valence-electron chi connectivity index (χ1n) is 7.86. The summed E-state index contributed by atoms with van der Waals surface area (Å²) in [6.45, 7) is 2.80. The maximum Gasteiger partial charge on any atom is 0.269 e. The van der Waals surface area contributed by atoms with Gasteiger partial charge in [-0.05, 0) is 37.0 Å². The molecule has 0 atom stereocenters. The number of nitrogens with zero attached hydrogens (tertiary/aromatic N) is 2. The smallest absolute Gasteiger partial charge is 0.269 e. The van der Waals surface area contributed by atoms with Crippen LogP contribution in [0.5, 0.6) is 0 Å². The molecule has 2 heterocycles. The lowest BCUT2D eigenvalue weighted by atomic mass is 10.1. The topological polar surface area (TPSA) is 45.2 Å². The first kappa shape index (κ1) is 14.6. The van der Waals surface area contributed by atoms with Gasteiger partial charge in [-0.25, -0.2) is 4.98 Å². The molecule has 1 N–H and O–H groups in total. The Morgan fingerprint density at radius 2 is 1.86 bits per heavy atom. The summed E-state index contributed by atoms with van der Waals surface area (Å²) in [6.07, 6.45) is 5.11. The van der Waals surface area contributed by atoms with Crippen molar-refractivity contribution in [2.75, 3.05) is 24.5 Å². The molecule has 1 aliphatic rings. The minimum Gasteiger partial charge on any atom is -0.370 e. The van der Waals surface area contributed by atoms with Crippen LogP contribution in [0.1, 0.15) is 28.9 Å². The molecule has 1 aromatic heterocycles. The Bertz CT molecular complexity index is 604. The molecule has 1 aromatic carbocycles. The second-order valence-corrected chi connectivity index (χ2v) is 5.59. The summed E-state index contributed by atoms with van der Waals surface area (Å²) in [5.74, 6) is -0.107. The number of pyridine rings is 1. The molecule has 1 aliphatic heterocycles. The Labute approximate surface area is 131 Å². The summed E-state index contributed by atoms with van der Waals surface area (Å²) in [6, 6.07) is 13.9. The van der Waals surface area contributed by atoms with E-state index in [0.29, 0.717) is 12.2 Å². The third-order valence-corrected chi connectivity index (χ3v) is 3.99. The summed E-state index contributed by atoms with van der Waals surface area (Å²) in [4.78, 5) is 18.7. The third kappa shape index (κ3) is 3.64. The van der Waals surface area contributed by atoms with E-state index in [-0.39, 0.29) is 5.91 Å². The van der Waals surface area contributed by atoms with Gasteiger partial charge in [0.15, 0.2) is 0 Å². The molecule has 0 aliphatic carbocycles. The molecule has 1 fully saturated rings. The fourth-order valence-corrected chi connectivity index (χ4v) is 2.74. The highest BCUT2D eigenvalue weighted by Crippen LogP contribution is 2.18. The predicted molar refractivity (Wildman–Crippen MR) is 88.2 cm³/mol. The normalized spacial score (nSPS) is 14.1. The van der Waals surface area contributed by atoms with Gasteiger partial charge >= 0.3 is 0 Å². The van der Waals surface area contributed by atoms with Gasteiger partial charge in [-0.1, -0.05) is 30.3 Å². The van der Waals surface area contributed by atoms with Crippen molar-refractivity contribution in [2.45, 2.75) is 19.3 Å². The highest BCUT2D eigenvalue weighted by atomic mass is 16.1. The number of aromatic nitrogens is 1. The van der Waals surface area contributed by atoms with Gasteiger partial charge in [-0.2, -0.15) is 0 Å². The van der Waals surface area contributed by atoms with Crippen LogP contribution >= 0.6 is 0 Å². The molecular weight excluding hydrogens is 274 g/mol. The van der Waals surface area contributed by atoms with Crippen molar-refractivity contribution in [1.29, 1.82) is 0 Å². The van der Waals surface area contributed by atoms with Gasteiger partial charge in [0, 0.05) is 19.6 Å². The zero-order valence-electron chi connectivity index (χ0n) is 12.7. The Morgan fingerprint density at radius 1 is 1.09 bits per heavy atom. The molecule has 4 heteroatoms. The molecule has 1 saturated heterocycles. The molecule has 0 radical (unpaired) electrons. The van der Waals surface area contributed by atoms with E-state index in [0.717, 1.165) is 25.2 Å². The van der Waals surface area contributed by atoms with Crippen LogP contribution in [-0.2, 0) is 6.42 Å². The molecule has 0 unspecified atom stereocenters. The Balaban J connectivity index is 1.51. The van der Waals surface area contributed by atoms with Crippen LogP contribution in [0.25, 0.3) is 0 Å². The molecule has 2 aromatic rings. The summed E-state index contributed by atoms with van der Waals surface area (Å²) in [5, 5.41) is 2.92. The minimum atomic E-state index is -0.107. The van der Waals surface area contributed by atoms with Gasteiger partial charge in [-0.15, -0.1) is 0 Å². The van der Waals surface area contributed by atoms with Crippen molar-refractivity contribution in [2.24, 2.45) is 0 Å². The highest BCUT2D eigenvalue weighted by Gasteiger charge is 2.13. The molecule has 22 heavy (non-hydrogen) atoms. The van der Waals surface area contributed by atoms with Crippen molar-refractivity contribution >= 4 is 11.6 Å². The van der Waals surface area contributed by atoms with E-state index >= 15 is 0 Å². The number of benzene rings is 1. The first-order valence-corrected chi connectivity index (χ1v) is 7.86. The maximum atomic E-state index is 12.1. The van der Waals surface area contributed by atoms with Crippen LogP contribution in [0.4, 0.5) is 5.69 Å². The predicted octanol–water partition coefficient (Wildman–Crippen LogP) is 2.65. The molecule has 0 spiro atoms. The third-order valence-electron chi connectivity index (χ3n) is 3.99. The number of amides is 1. The maximum absolute atomic E-state index is 12.1. The summed E-state index contributed by atoms with van der Waals surface area (Å²) < 4.78 is 0. The van der Waals surface area contributed by atoms with Crippen molar-refractivity contribution in [3.63, 3.8) is 0 Å².